The summed E-state index contributed by atoms with van der Waals surface area (Å²) < 4.78 is 11.8. The lowest BCUT2D eigenvalue weighted by molar-refractivity contribution is 0.0697. The third kappa shape index (κ3) is 5.44. The number of hydrogen-bond acceptors (Lipinski definition) is 6. The smallest absolute Gasteiger partial charge is 0.255 e. The first-order valence-corrected chi connectivity index (χ1v) is 13.3. The summed E-state index contributed by atoms with van der Waals surface area (Å²) in [6.45, 7) is 3.78. The van der Waals surface area contributed by atoms with Gasteiger partial charge in [0.05, 0.1) is 11.3 Å². The van der Waals surface area contributed by atoms with Gasteiger partial charge in [-0.15, -0.1) is 0 Å². The first-order valence-electron chi connectivity index (χ1n) is 12.9. The van der Waals surface area contributed by atoms with Gasteiger partial charge in [0.25, 0.3) is 5.91 Å². The number of fused-ring (bicyclic) bond motifs is 2. The van der Waals surface area contributed by atoms with Crippen LogP contribution < -0.4 is 10.1 Å². The maximum atomic E-state index is 12.9. The second kappa shape index (κ2) is 10.6. The molecule has 4 aromatic rings. The molecule has 8 heteroatoms. The number of carbonyl (C=O) groups excluding carboxylic acids is 1. The third-order valence-corrected chi connectivity index (χ3v) is 7.41. The number of aryl methyl sites for hydroxylation is 1. The van der Waals surface area contributed by atoms with Gasteiger partial charge < -0.3 is 19.4 Å². The molecular formula is C30H29ClN4O3. The van der Waals surface area contributed by atoms with Crippen LogP contribution in [0, 0.1) is 6.92 Å². The van der Waals surface area contributed by atoms with Crippen molar-refractivity contribution >= 4 is 17.5 Å². The Morgan fingerprint density at radius 2 is 1.89 bits per heavy atom. The van der Waals surface area contributed by atoms with Crippen molar-refractivity contribution in [2.75, 3.05) is 13.1 Å². The van der Waals surface area contributed by atoms with Crippen molar-refractivity contribution in [2.45, 2.75) is 44.9 Å². The Labute approximate surface area is 226 Å². The highest BCUT2D eigenvalue weighted by Gasteiger charge is 2.34. The number of pyridine rings is 1. The average Bonchev–Trinajstić information content (AvgIpc) is 3.47. The molecule has 2 atom stereocenters. The molecule has 2 bridgehead atoms. The summed E-state index contributed by atoms with van der Waals surface area (Å²) >= 11 is 6.10. The van der Waals surface area contributed by atoms with Crippen LogP contribution in [0.1, 0.15) is 46.1 Å². The molecule has 0 radical (unpaired) electrons. The Morgan fingerprint density at radius 1 is 1.11 bits per heavy atom. The van der Waals surface area contributed by atoms with Crippen LogP contribution in [-0.4, -0.2) is 45.9 Å². The second-order valence-electron chi connectivity index (χ2n) is 10.0. The lowest BCUT2D eigenvalue weighted by Gasteiger charge is -2.32. The van der Waals surface area contributed by atoms with Gasteiger partial charge in [-0.05, 0) is 73.9 Å². The molecule has 1 amide bonds. The van der Waals surface area contributed by atoms with Crippen molar-refractivity contribution in [2.24, 2.45) is 0 Å². The van der Waals surface area contributed by atoms with Crippen LogP contribution in [0.4, 0.5) is 0 Å². The molecule has 2 aromatic heterocycles. The lowest BCUT2D eigenvalue weighted by atomic mass is 10.1. The normalized spacial score (nSPS) is 18.5. The Morgan fingerprint density at radius 3 is 2.61 bits per heavy atom. The van der Waals surface area contributed by atoms with E-state index in [1.807, 2.05) is 72.5 Å². The number of benzene rings is 2. The van der Waals surface area contributed by atoms with E-state index in [1.54, 1.807) is 6.20 Å². The highest BCUT2D eigenvalue weighted by atomic mass is 35.5. The summed E-state index contributed by atoms with van der Waals surface area (Å²) in [4.78, 5) is 24.0. The minimum absolute atomic E-state index is 0.0535. The van der Waals surface area contributed by atoms with Crippen LogP contribution in [0.5, 0.6) is 5.75 Å². The number of halogens is 1. The maximum Gasteiger partial charge on any atom is 0.255 e. The molecule has 0 aliphatic carbocycles. The molecule has 2 aromatic carbocycles. The zero-order valence-electron chi connectivity index (χ0n) is 21.2. The molecule has 2 fully saturated rings. The third-order valence-electron chi connectivity index (χ3n) is 7.18. The molecular weight excluding hydrogens is 500 g/mol. The molecule has 7 nitrogen and oxygen atoms in total. The minimum atomic E-state index is 0.0535. The van der Waals surface area contributed by atoms with E-state index in [2.05, 4.69) is 10.3 Å². The zero-order valence-corrected chi connectivity index (χ0v) is 21.9. The Hall–Kier alpha value is -3.68. The number of nitrogens with zero attached hydrogens (tertiary/aromatic N) is 3. The van der Waals surface area contributed by atoms with Crippen molar-refractivity contribution in [1.29, 1.82) is 0 Å². The number of amides is 1. The lowest BCUT2D eigenvalue weighted by Crippen LogP contribution is -2.53. The number of oxazole rings is 1. The Bertz CT molecular complexity index is 1420. The fourth-order valence-electron chi connectivity index (χ4n) is 5.26. The molecule has 2 aliphatic rings. The summed E-state index contributed by atoms with van der Waals surface area (Å²) in [5.41, 5.74) is 4.21. The van der Waals surface area contributed by atoms with Crippen LogP contribution in [0.3, 0.4) is 0 Å². The fraction of sp³-hybridized carbons (Fsp3) is 0.300. The van der Waals surface area contributed by atoms with Gasteiger partial charge in [-0.25, -0.2) is 4.98 Å². The first kappa shape index (κ1) is 24.6. The minimum Gasteiger partial charge on any atom is -0.487 e. The molecule has 0 spiro atoms. The molecule has 38 heavy (non-hydrogen) atoms. The summed E-state index contributed by atoms with van der Waals surface area (Å²) in [6.07, 6.45) is 4.53. The highest BCUT2D eigenvalue weighted by Crippen LogP contribution is 2.27. The van der Waals surface area contributed by atoms with Gasteiger partial charge in [0.2, 0.25) is 0 Å². The Kier molecular flexibility index (Phi) is 6.87. The molecule has 0 saturated carbocycles. The van der Waals surface area contributed by atoms with Crippen LogP contribution in [-0.2, 0) is 13.0 Å². The number of hydrogen-bond donors (Lipinski definition) is 1. The number of piperazine rings is 1. The van der Waals surface area contributed by atoms with Gasteiger partial charge in [0, 0.05) is 48.4 Å². The molecule has 194 valence electrons. The average molecular weight is 529 g/mol. The van der Waals surface area contributed by atoms with E-state index in [0.29, 0.717) is 41.6 Å². The number of ether oxygens (including phenoxy) is 1. The van der Waals surface area contributed by atoms with Crippen LogP contribution in [0.25, 0.3) is 11.3 Å². The fourth-order valence-corrected chi connectivity index (χ4v) is 5.48. The SMILES string of the molecule is Cc1oc(Cc2cccc(Cl)c2)nc1-c1ccc(OCc2ccc(C(=O)N3CC4CCC(C3)N4)cn2)cc1. The van der Waals surface area contributed by atoms with E-state index in [9.17, 15) is 4.79 Å². The van der Waals surface area contributed by atoms with E-state index in [0.717, 1.165) is 60.0 Å². The standard InChI is InChI=1S/C30H29ClN4O3/c1-19-29(34-28(38-19)14-20-3-2-4-23(31)13-20)21-6-11-27(12-7-21)37-18-26-8-5-22(15-32-26)30(36)35-16-24-9-10-25(17-35)33-24/h2-8,11-13,15,24-25,33H,9-10,14,16-18H2,1H3. The number of rotatable bonds is 7. The summed E-state index contributed by atoms with van der Waals surface area (Å²) in [5, 5.41) is 4.25. The van der Waals surface area contributed by atoms with Crippen molar-refractivity contribution < 1.29 is 13.9 Å². The number of nitrogens with one attached hydrogen (secondary N) is 1. The highest BCUT2D eigenvalue weighted by molar-refractivity contribution is 6.30. The van der Waals surface area contributed by atoms with Crippen LogP contribution in [0.15, 0.2) is 71.3 Å². The van der Waals surface area contributed by atoms with E-state index >= 15 is 0 Å². The van der Waals surface area contributed by atoms with Crippen LogP contribution >= 0.6 is 11.6 Å². The van der Waals surface area contributed by atoms with Gasteiger partial charge in [-0.3, -0.25) is 9.78 Å². The largest absolute Gasteiger partial charge is 0.487 e. The van der Waals surface area contributed by atoms with Gasteiger partial charge >= 0.3 is 0 Å². The molecule has 2 aliphatic heterocycles. The van der Waals surface area contributed by atoms with Crippen molar-refractivity contribution in [1.82, 2.24) is 20.2 Å². The first-order chi connectivity index (χ1) is 18.5. The summed E-state index contributed by atoms with van der Waals surface area (Å²) in [6, 6.07) is 20.0. The number of aromatic nitrogens is 2. The molecule has 2 unspecified atom stereocenters. The molecule has 4 heterocycles. The van der Waals surface area contributed by atoms with E-state index in [4.69, 9.17) is 25.7 Å². The Balaban J connectivity index is 1.05. The van der Waals surface area contributed by atoms with E-state index in [-0.39, 0.29) is 5.91 Å². The molecule has 2 saturated heterocycles. The van der Waals surface area contributed by atoms with Gasteiger partial charge in [-0.2, -0.15) is 0 Å². The van der Waals surface area contributed by atoms with E-state index < -0.39 is 0 Å². The second-order valence-corrected chi connectivity index (χ2v) is 10.5. The topological polar surface area (TPSA) is 80.5 Å². The van der Waals surface area contributed by atoms with Crippen molar-refractivity contribution in [3.8, 4) is 17.0 Å². The molecule has 6 rings (SSSR count). The molecule has 1 N–H and O–H groups in total. The number of carbonyl (C=O) groups is 1. The van der Waals surface area contributed by atoms with Crippen molar-refractivity contribution in [3.05, 3.63) is 100 Å². The van der Waals surface area contributed by atoms with Gasteiger partial charge in [0.1, 0.15) is 23.8 Å². The maximum absolute atomic E-state index is 12.9. The zero-order chi connectivity index (χ0) is 26.1. The summed E-state index contributed by atoms with van der Waals surface area (Å²) in [7, 11) is 0. The van der Waals surface area contributed by atoms with Crippen LogP contribution in [0.2, 0.25) is 5.02 Å². The summed E-state index contributed by atoms with van der Waals surface area (Å²) in [5.74, 6) is 2.20. The van der Waals surface area contributed by atoms with Gasteiger partial charge in [0.15, 0.2) is 5.89 Å². The monoisotopic (exact) mass is 528 g/mol. The van der Waals surface area contributed by atoms with Gasteiger partial charge in [-0.1, -0.05) is 23.7 Å². The quantitative estimate of drug-likeness (QED) is 0.344. The van der Waals surface area contributed by atoms with E-state index in [1.165, 1.54) is 0 Å². The predicted molar refractivity (Wildman–Crippen MR) is 145 cm³/mol. The number of likely N-dealkylation sites (tertiary alicyclic amines) is 1. The van der Waals surface area contributed by atoms with Crippen molar-refractivity contribution in [3.63, 3.8) is 0 Å². The predicted octanol–water partition coefficient (Wildman–Crippen LogP) is 5.44.